The Kier molecular flexibility index (Phi) is 5.81. The van der Waals surface area contributed by atoms with Gasteiger partial charge in [0.2, 0.25) is 0 Å². The van der Waals surface area contributed by atoms with Crippen LogP contribution in [0.3, 0.4) is 0 Å². The quantitative estimate of drug-likeness (QED) is 0.671. The molecule has 2 aromatic carbocycles. The summed E-state index contributed by atoms with van der Waals surface area (Å²) in [6.07, 6.45) is 3.00. The van der Waals surface area contributed by atoms with Crippen molar-refractivity contribution in [3.05, 3.63) is 77.9 Å². The van der Waals surface area contributed by atoms with Gasteiger partial charge in [0.05, 0.1) is 11.3 Å². The maximum atomic E-state index is 13.7. The van der Waals surface area contributed by atoms with Crippen LogP contribution in [0.2, 0.25) is 0 Å². The zero-order chi connectivity index (χ0) is 20.1. The summed E-state index contributed by atoms with van der Waals surface area (Å²) in [4.78, 5) is 27.7. The third-order valence-corrected chi connectivity index (χ3v) is 4.08. The van der Waals surface area contributed by atoms with Crippen LogP contribution in [0, 0.1) is 12.7 Å². The van der Waals surface area contributed by atoms with Gasteiger partial charge >= 0.3 is 6.03 Å². The summed E-state index contributed by atoms with van der Waals surface area (Å²) < 4.78 is 16.9. The first-order valence-electron chi connectivity index (χ1n) is 8.23. The fourth-order valence-electron chi connectivity index (χ4n) is 2.53. The van der Waals surface area contributed by atoms with Crippen molar-refractivity contribution in [3.8, 4) is 11.1 Å². The maximum absolute atomic E-state index is 13.7. The lowest BCUT2D eigenvalue weighted by Gasteiger charge is -2.10. The number of halogens is 1. The predicted molar refractivity (Wildman–Crippen MR) is 108 cm³/mol. The molecular weight excluding hydrogens is 379 g/mol. The third kappa shape index (κ3) is 4.60. The van der Waals surface area contributed by atoms with Crippen molar-refractivity contribution in [3.63, 3.8) is 0 Å². The highest BCUT2D eigenvalue weighted by atomic mass is 32.1. The number of carbonyl (C=O) groups excluding carboxylic acids is 2. The molecule has 6 nitrogen and oxygen atoms in total. The number of rotatable bonds is 4. The molecule has 0 atom stereocenters. The molecule has 0 aliphatic carbocycles. The molecule has 0 bridgehead atoms. The topological polar surface area (TPSA) is 83.5 Å². The molecule has 3 amide bonds. The SMILES string of the molecule is Cc1ccc(F)c(NC(=O)Nc2ccc(-c3cncc(C(=O)N=S)c3)cc2)c1. The Morgan fingerprint density at radius 2 is 1.75 bits per heavy atom. The number of benzene rings is 2. The molecule has 1 heterocycles. The zero-order valence-corrected chi connectivity index (χ0v) is 15.6. The average Bonchev–Trinajstić information content (AvgIpc) is 2.70. The van der Waals surface area contributed by atoms with Crippen LogP contribution in [0.25, 0.3) is 11.1 Å². The number of pyridine rings is 1. The van der Waals surface area contributed by atoms with Crippen molar-refractivity contribution in [2.45, 2.75) is 6.92 Å². The van der Waals surface area contributed by atoms with Crippen molar-refractivity contribution in [2.75, 3.05) is 10.6 Å². The van der Waals surface area contributed by atoms with E-state index in [1.165, 1.54) is 12.3 Å². The van der Waals surface area contributed by atoms with E-state index >= 15 is 0 Å². The first-order valence-corrected chi connectivity index (χ1v) is 8.60. The number of carbonyl (C=O) groups is 2. The highest BCUT2D eigenvalue weighted by Gasteiger charge is 2.09. The van der Waals surface area contributed by atoms with Gasteiger partial charge in [0.25, 0.3) is 5.91 Å². The minimum atomic E-state index is -0.557. The lowest BCUT2D eigenvalue weighted by molar-refractivity contribution is 0.101. The molecule has 1 aromatic heterocycles. The number of nitrogens with zero attached hydrogens (tertiary/aromatic N) is 2. The summed E-state index contributed by atoms with van der Waals surface area (Å²) in [6, 6.07) is 12.5. The Morgan fingerprint density at radius 1 is 1.00 bits per heavy atom. The van der Waals surface area contributed by atoms with Crippen LogP contribution in [-0.2, 0) is 12.4 Å². The molecule has 28 heavy (non-hydrogen) atoms. The normalized spacial score (nSPS) is 10.2. The van der Waals surface area contributed by atoms with E-state index in [0.29, 0.717) is 16.8 Å². The van der Waals surface area contributed by atoms with Gasteiger partial charge in [0, 0.05) is 36.1 Å². The molecule has 0 spiro atoms. The molecular formula is C20H15FN4O2S. The molecule has 3 aromatic rings. The van der Waals surface area contributed by atoms with Gasteiger partial charge in [-0.15, -0.1) is 4.36 Å². The Morgan fingerprint density at radius 3 is 2.46 bits per heavy atom. The molecule has 0 fully saturated rings. The molecule has 3 rings (SSSR count). The van der Waals surface area contributed by atoms with Gasteiger partial charge in [-0.3, -0.25) is 9.78 Å². The Balaban J connectivity index is 1.71. The largest absolute Gasteiger partial charge is 0.323 e. The van der Waals surface area contributed by atoms with E-state index in [1.807, 2.05) is 6.92 Å². The minimum Gasteiger partial charge on any atom is -0.308 e. The number of hydrogen-bond donors (Lipinski definition) is 2. The maximum Gasteiger partial charge on any atom is 0.323 e. The fourth-order valence-corrected chi connectivity index (χ4v) is 2.64. The molecule has 0 saturated carbocycles. The fraction of sp³-hybridized carbons (Fsp3) is 0.0500. The van der Waals surface area contributed by atoms with Gasteiger partial charge in [0.1, 0.15) is 5.82 Å². The van der Waals surface area contributed by atoms with Gasteiger partial charge < -0.3 is 10.6 Å². The van der Waals surface area contributed by atoms with Crippen molar-refractivity contribution >= 4 is 35.7 Å². The standard InChI is InChI=1S/C20H15FN4O2S/c1-12-2-7-17(21)18(8-12)24-20(27)23-16-5-3-13(4-6-16)14-9-15(11-22-10-14)19(26)25-28/h2-11H,1H3,(H2,23,24,27). The second-order valence-electron chi connectivity index (χ2n) is 6.00. The second-order valence-corrected chi connectivity index (χ2v) is 6.18. The van der Waals surface area contributed by atoms with Crippen LogP contribution in [-0.4, -0.2) is 16.9 Å². The summed E-state index contributed by atoms with van der Waals surface area (Å²) in [5.74, 6) is -1.04. The first kappa shape index (κ1) is 19.2. The molecule has 0 unspecified atom stereocenters. The predicted octanol–water partition coefficient (Wildman–Crippen LogP) is 4.71. The summed E-state index contributed by atoms with van der Waals surface area (Å²) in [7, 11) is 0. The molecule has 2 N–H and O–H groups in total. The van der Waals surface area contributed by atoms with Crippen molar-refractivity contribution in [1.29, 1.82) is 0 Å². The van der Waals surface area contributed by atoms with E-state index in [4.69, 9.17) is 0 Å². The number of urea groups is 1. The zero-order valence-electron chi connectivity index (χ0n) is 14.8. The number of hydrogen-bond acceptors (Lipinski definition) is 4. The Bertz CT molecular complexity index is 1050. The lowest BCUT2D eigenvalue weighted by Crippen LogP contribution is -2.20. The number of amides is 3. The lowest BCUT2D eigenvalue weighted by atomic mass is 10.1. The second kappa shape index (κ2) is 8.45. The highest BCUT2D eigenvalue weighted by molar-refractivity contribution is 7.47. The van der Waals surface area contributed by atoms with E-state index in [1.54, 1.807) is 48.7 Å². The minimum absolute atomic E-state index is 0.105. The third-order valence-electron chi connectivity index (χ3n) is 3.91. The Hall–Kier alpha value is -3.52. The summed E-state index contributed by atoms with van der Waals surface area (Å²) in [5, 5.41) is 5.12. The molecule has 140 valence electrons. The van der Waals surface area contributed by atoms with Gasteiger partial charge in [0.15, 0.2) is 0 Å². The summed E-state index contributed by atoms with van der Waals surface area (Å²) in [5.41, 5.74) is 3.27. The van der Waals surface area contributed by atoms with Crippen LogP contribution in [0.15, 0.2) is 65.3 Å². The molecule has 0 aliphatic rings. The summed E-state index contributed by atoms with van der Waals surface area (Å²) >= 11 is 4.41. The van der Waals surface area contributed by atoms with E-state index in [2.05, 4.69) is 32.4 Å². The van der Waals surface area contributed by atoms with Gasteiger partial charge in [-0.1, -0.05) is 18.2 Å². The van der Waals surface area contributed by atoms with Crippen LogP contribution in [0.4, 0.5) is 20.6 Å². The van der Waals surface area contributed by atoms with Crippen LogP contribution < -0.4 is 10.6 Å². The Labute approximate surface area is 166 Å². The van der Waals surface area contributed by atoms with E-state index in [9.17, 15) is 14.0 Å². The monoisotopic (exact) mass is 394 g/mol. The molecule has 0 radical (unpaired) electrons. The van der Waals surface area contributed by atoms with Crippen LogP contribution in [0.1, 0.15) is 15.9 Å². The van der Waals surface area contributed by atoms with E-state index < -0.39 is 17.8 Å². The van der Waals surface area contributed by atoms with Crippen LogP contribution >= 0.6 is 0 Å². The number of anilines is 2. The molecule has 0 saturated heterocycles. The average molecular weight is 394 g/mol. The van der Waals surface area contributed by atoms with Crippen LogP contribution in [0.5, 0.6) is 0 Å². The number of nitrogens with one attached hydrogen (secondary N) is 2. The highest BCUT2D eigenvalue weighted by Crippen LogP contribution is 2.22. The van der Waals surface area contributed by atoms with Crippen molar-refractivity contribution in [1.82, 2.24) is 4.98 Å². The van der Waals surface area contributed by atoms with Gasteiger partial charge in [-0.05, 0) is 48.4 Å². The number of aromatic nitrogens is 1. The first-order chi connectivity index (χ1) is 13.5. The van der Waals surface area contributed by atoms with E-state index in [-0.39, 0.29) is 5.69 Å². The number of aryl methyl sites for hydroxylation is 1. The van der Waals surface area contributed by atoms with Crippen molar-refractivity contribution in [2.24, 2.45) is 4.36 Å². The van der Waals surface area contributed by atoms with Gasteiger partial charge in [-0.25, -0.2) is 9.18 Å². The smallest absolute Gasteiger partial charge is 0.308 e. The summed E-state index contributed by atoms with van der Waals surface area (Å²) in [6.45, 7) is 1.81. The molecule has 0 aliphatic heterocycles. The molecule has 8 heteroatoms. The van der Waals surface area contributed by atoms with Crippen molar-refractivity contribution < 1.29 is 14.0 Å². The van der Waals surface area contributed by atoms with Gasteiger partial charge in [-0.2, -0.15) is 0 Å². The van der Waals surface area contributed by atoms with E-state index in [0.717, 1.165) is 11.1 Å².